The molecule has 168 valence electrons. The predicted molar refractivity (Wildman–Crippen MR) is 130 cm³/mol. The van der Waals surface area contributed by atoms with E-state index in [1.807, 2.05) is 48.5 Å². The molecule has 3 aromatic carbocycles. The third-order valence-corrected chi connectivity index (χ3v) is 5.73. The molecule has 1 aromatic heterocycles. The first-order chi connectivity index (χ1) is 16.6. The van der Waals surface area contributed by atoms with Crippen LogP contribution in [0.25, 0.3) is 16.9 Å². The monoisotopic (exact) mass is 450 g/mol. The molecule has 7 nitrogen and oxygen atoms in total. The van der Waals surface area contributed by atoms with Gasteiger partial charge in [-0.1, -0.05) is 36.4 Å². The molecule has 0 radical (unpaired) electrons. The molecule has 3 amide bonds. The fraction of sp³-hybridized carbons (Fsp3) is 0.111. The van der Waals surface area contributed by atoms with Crippen molar-refractivity contribution in [1.29, 1.82) is 0 Å². The third kappa shape index (κ3) is 4.23. The Labute approximate surface area is 196 Å². The Morgan fingerprint density at radius 3 is 2.26 bits per heavy atom. The SMILES string of the molecule is O=C(Nc1ccc(N2C(=O)CCCC2=O)cc1)c1cccc(-n2nccc2-c2ccccc2)c1. The van der Waals surface area contributed by atoms with Gasteiger partial charge in [0.25, 0.3) is 5.91 Å². The summed E-state index contributed by atoms with van der Waals surface area (Å²) in [6.45, 7) is 0. The summed E-state index contributed by atoms with van der Waals surface area (Å²) in [5.41, 5.74) is 4.30. The van der Waals surface area contributed by atoms with Crippen LogP contribution in [0.15, 0.2) is 91.1 Å². The lowest BCUT2D eigenvalue weighted by Gasteiger charge is -2.24. The van der Waals surface area contributed by atoms with E-state index in [4.69, 9.17) is 0 Å². The van der Waals surface area contributed by atoms with Gasteiger partial charge in [0.15, 0.2) is 0 Å². The fourth-order valence-electron chi connectivity index (χ4n) is 4.05. The van der Waals surface area contributed by atoms with Crippen molar-refractivity contribution in [3.8, 4) is 16.9 Å². The number of benzene rings is 3. The molecule has 1 saturated heterocycles. The van der Waals surface area contributed by atoms with E-state index < -0.39 is 0 Å². The van der Waals surface area contributed by atoms with E-state index in [1.165, 1.54) is 4.90 Å². The highest BCUT2D eigenvalue weighted by molar-refractivity contribution is 6.16. The molecule has 0 bridgehead atoms. The van der Waals surface area contributed by atoms with Crippen molar-refractivity contribution in [1.82, 2.24) is 9.78 Å². The second kappa shape index (κ2) is 9.15. The average Bonchev–Trinajstić information content (AvgIpc) is 3.36. The van der Waals surface area contributed by atoms with E-state index in [9.17, 15) is 14.4 Å². The Hall–Kier alpha value is -4.52. The maximum absolute atomic E-state index is 12.9. The third-order valence-electron chi connectivity index (χ3n) is 5.73. The summed E-state index contributed by atoms with van der Waals surface area (Å²) in [7, 11) is 0. The van der Waals surface area contributed by atoms with Crippen molar-refractivity contribution < 1.29 is 14.4 Å². The molecular weight excluding hydrogens is 428 g/mol. The number of hydrogen-bond donors (Lipinski definition) is 1. The summed E-state index contributed by atoms with van der Waals surface area (Å²) in [6.07, 6.45) is 3.05. The number of aromatic nitrogens is 2. The second-order valence-electron chi connectivity index (χ2n) is 8.02. The maximum Gasteiger partial charge on any atom is 0.255 e. The number of nitrogens with one attached hydrogen (secondary N) is 1. The van der Waals surface area contributed by atoms with E-state index in [-0.39, 0.29) is 17.7 Å². The summed E-state index contributed by atoms with van der Waals surface area (Å²) < 4.78 is 1.80. The molecule has 1 aliphatic rings. The molecule has 4 aromatic rings. The van der Waals surface area contributed by atoms with Crippen LogP contribution in [0.5, 0.6) is 0 Å². The van der Waals surface area contributed by atoms with Gasteiger partial charge in [0.1, 0.15) is 0 Å². The Morgan fingerprint density at radius 2 is 1.53 bits per heavy atom. The minimum atomic E-state index is -0.270. The van der Waals surface area contributed by atoms with Gasteiger partial charge in [0.05, 0.1) is 23.3 Å². The van der Waals surface area contributed by atoms with E-state index >= 15 is 0 Å². The molecule has 0 aliphatic carbocycles. The Kier molecular flexibility index (Phi) is 5.74. The zero-order valence-electron chi connectivity index (χ0n) is 18.3. The summed E-state index contributed by atoms with van der Waals surface area (Å²) in [4.78, 5) is 38.4. The number of rotatable bonds is 5. The summed E-state index contributed by atoms with van der Waals surface area (Å²) in [6, 6.07) is 25.8. The molecule has 0 saturated carbocycles. The summed E-state index contributed by atoms with van der Waals surface area (Å²) in [5.74, 6) is -0.662. The maximum atomic E-state index is 12.9. The number of imide groups is 1. The zero-order valence-corrected chi connectivity index (χ0v) is 18.3. The molecule has 0 unspecified atom stereocenters. The number of anilines is 2. The van der Waals surface area contributed by atoms with Gasteiger partial charge in [0, 0.05) is 29.7 Å². The minimum absolute atomic E-state index is 0.196. The molecule has 1 fully saturated rings. The quantitative estimate of drug-likeness (QED) is 0.441. The molecule has 1 aliphatic heterocycles. The Morgan fingerprint density at radius 1 is 0.794 bits per heavy atom. The number of amides is 3. The van der Waals surface area contributed by atoms with Gasteiger partial charge in [-0.05, 0) is 55.0 Å². The second-order valence-corrected chi connectivity index (χ2v) is 8.02. The van der Waals surface area contributed by atoms with Crippen LogP contribution in [0.2, 0.25) is 0 Å². The molecule has 34 heavy (non-hydrogen) atoms. The zero-order chi connectivity index (χ0) is 23.5. The summed E-state index contributed by atoms with van der Waals surface area (Å²) >= 11 is 0. The first-order valence-electron chi connectivity index (χ1n) is 11.1. The van der Waals surface area contributed by atoms with Gasteiger partial charge in [-0.25, -0.2) is 4.68 Å². The smallest absolute Gasteiger partial charge is 0.255 e. The van der Waals surface area contributed by atoms with Crippen LogP contribution in [0, 0.1) is 0 Å². The van der Waals surface area contributed by atoms with Gasteiger partial charge < -0.3 is 5.32 Å². The van der Waals surface area contributed by atoms with Gasteiger partial charge in [-0.15, -0.1) is 0 Å². The molecule has 2 heterocycles. The lowest BCUT2D eigenvalue weighted by molar-refractivity contribution is -0.129. The highest BCUT2D eigenvalue weighted by atomic mass is 16.2. The van der Waals surface area contributed by atoms with Gasteiger partial charge in [0.2, 0.25) is 11.8 Å². The lowest BCUT2D eigenvalue weighted by Crippen LogP contribution is -2.40. The molecule has 7 heteroatoms. The van der Waals surface area contributed by atoms with Crippen molar-refractivity contribution in [2.24, 2.45) is 0 Å². The molecule has 0 atom stereocenters. The van der Waals surface area contributed by atoms with Crippen LogP contribution in [0.3, 0.4) is 0 Å². The normalized spacial score (nSPS) is 13.7. The van der Waals surface area contributed by atoms with Crippen molar-refractivity contribution in [3.63, 3.8) is 0 Å². The molecular formula is C27H22N4O3. The van der Waals surface area contributed by atoms with E-state index in [0.717, 1.165) is 16.9 Å². The van der Waals surface area contributed by atoms with E-state index in [0.29, 0.717) is 36.2 Å². The van der Waals surface area contributed by atoms with Gasteiger partial charge in [-0.3, -0.25) is 19.3 Å². The molecule has 0 spiro atoms. The van der Waals surface area contributed by atoms with Crippen molar-refractivity contribution in [2.75, 3.05) is 10.2 Å². The van der Waals surface area contributed by atoms with Crippen molar-refractivity contribution >= 4 is 29.1 Å². The molecule has 5 rings (SSSR count). The average molecular weight is 450 g/mol. The van der Waals surface area contributed by atoms with E-state index in [2.05, 4.69) is 10.4 Å². The van der Waals surface area contributed by atoms with Crippen LogP contribution in [0.4, 0.5) is 11.4 Å². The Balaban J connectivity index is 1.34. The number of nitrogens with zero attached hydrogens (tertiary/aromatic N) is 3. The highest BCUT2D eigenvalue weighted by Gasteiger charge is 2.27. The largest absolute Gasteiger partial charge is 0.322 e. The van der Waals surface area contributed by atoms with Gasteiger partial charge >= 0.3 is 0 Å². The van der Waals surface area contributed by atoms with Crippen LogP contribution in [0.1, 0.15) is 29.6 Å². The van der Waals surface area contributed by atoms with Gasteiger partial charge in [-0.2, -0.15) is 5.10 Å². The van der Waals surface area contributed by atoms with Crippen LogP contribution in [-0.2, 0) is 9.59 Å². The fourth-order valence-corrected chi connectivity index (χ4v) is 4.05. The number of carbonyl (C=O) groups is 3. The lowest BCUT2D eigenvalue weighted by atomic mass is 10.1. The first kappa shape index (κ1) is 21.3. The van der Waals surface area contributed by atoms with Crippen molar-refractivity contribution in [3.05, 3.63) is 96.7 Å². The van der Waals surface area contributed by atoms with E-state index in [1.54, 1.807) is 47.3 Å². The number of carbonyl (C=O) groups excluding carboxylic acids is 3. The minimum Gasteiger partial charge on any atom is -0.322 e. The Bertz CT molecular complexity index is 1340. The first-order valence-corrected chi connectivity index (χ1v) is 11.1. The molecule has 1 N–H and O–H groups in total. The number of piperidine rings is 1. The number of hydrogen-bond acceptors (Lipinski definition) is 4. The van der Waals surface area contributed by atoms with Crippen LogP contribution >= 0.6 is 0 Å². The topological polar surface area (TPSA) is 84.3 Å². The predicted octanol–water partition coefficient (Wildman–Crippen LogP) is 4.84. The van der Waals surface area contributed by atoms with Crippen molar-refractivity contribution in [2.45, 2.75) is 19.3 Å². The summed E-state index contributed by atoms with van der Waals surface area (Å²) in [5, 5.41) is 7.31. The van der Waals surface area contributed by atoms with Crippen LogP contribution < -0.4 is 10.2 Å². The highest BCUT2D eigenvalue weighted by Crippen LogP contribution is 2.25. The van der Waals surface area contributed by atoms with Crippen LogP contribution in [-0.4, -0.2) is 27.5 Å². The standard InChI is InChI=1S/C27H22N4O3/c32-25-10-5-11-26(33)30(25)22-14-12-21(13-15-22)29-27(34)20-8-4-9-23(18-20)31-24(16-17-28-31)19-6-2-1-3-7-19/h1-4,6-9,12-18H,5,10-11H2,(H,29,34).